The van der Waals surface area contributed by atoms with E-state index in [9.17, 15) is 13.2 Å². The molecule has 0 aliphatic heterocycles. The number of hydrogen-bond donors (Lipinski definition) is 1. The molecule has 1 N–H and O–H groups in total. The molecule has 0 fully saturated rings. The van der Waals surface area contributed by atoms with E-state index < -0.39 is 21.7 Å². The Balaban J connectivity index is 2.17. The molecule has 0 aliphatic rings. The van der Waals surface area contributed by atoms with Gasteiger partial charge in [-0.25, -0.2) is 17.2 Å². The molecule has 3 rings (SSSR count). The fourth-order valence-electron chi connectivity index (χ4n) is 3.61. The summed E-state index contributed by atoms with van der Waals surface area (Å²) < 4.78 is 39.6. The van der Waals surface area contributed by atoms with Gasteiger partial charge in [0, 0.05) is 11.5 Å². The number of aromatic nitrogens is 1. The van der Waals surface area contributed by atoms with Crippen LogP contribution in [0.3, 0.4) is 0 Å². The van der Waals surface area contributed by atoms with Crippen molar-refractivity contribution < 1.29 is 22.7 Å². The Bertz CT molecular complexity index is 1270. The number of hydrogen-bond acceptors (Lipinski definition) is 5. The maximum absolute atomic E-state index is 13.7. The minimum atomic E-state index is -3.94. The van der Waals surface area contributed by atoms with E-state index in [1.165, 1.54) is 3.97 Å². The van der Waals surface area contributed by atoms with Crippen LogP contribution in [0, 0.1) is 6.92 Å². The maximum Gasteiger partial charge on any atom is 0.407 e. The predicted molar refractivity (Wildman–Crippen MR) is 129 cm³/mol. The van der Waals surface area contributed by atoms with E-state index in [1.807, 2.05) is 13.0 Å². The van der Waals surface area contributed by atoms with Crippen LogP contribution in [0.1, 0.15) is 57.4 Å². The SMILES string of the molecule is COc1cc2c(cc1C(C)C)cc(CNC(=O)OC(C)(C)C)n2S(=O)(=O)c1ccc(C)cc1. The van der Waals surface area contributed by atoms with Crippen LogP contribution in [-0.2, 0) is 21.3 Å². The van der Waals surface area contributed by atoms with Gasteiger partial charge in [-0.05, 0) is 63.4 Å². The van der Waals surface area contributed by atoms with E-state index >= 15 is 0 Å². The fourth-order valence-corrected chi connectivity index (χ4v) is 5.15. The Morgan fingerprint density at radius 2 is 1.73 bits per heavy atom. The molecular formula is C25H32N2O5S. The molecule has 1 heterocycles. The number of nitrogens with zero attached hydrogens (tertiary/aromatic N) is 1. The van der Waals surface area contributed by atoms with Crippen molar-refractivity contribution in [2.24, 2.45) is 0 Å². The summed E-state index contributed by atoms with van der Waals surface area (Å²) in [6.45, 7) is 11.3. The summed E-state index contributed by atoms with van der Waals surface area (Å²) in [6, 6.07) is 12.2. The average Bonchev–Trinajstić information content (AvgIpc) is 3.08. The number of nitrogens with one attached hydrogen (secondary N) is 1. The van der Waals surface area contributed by atoms with E-state index in [0.717, 1.165) is 16.5 Å². The summed E-state index contributed by atoms with van der Waals surface area (Å²) in [5.74, 6) is 0.798. The second-order valence-corrected chi connectivity index (χ2v) is 11.2. The van der Waals surface area contributed by atoms with Crippen LogP contribution in [0.15, 0.2) is 47.4 Å². The molecule has 0 spiro atoms. The van der Waals surface area contributed by atoms with E-state index in [0.29, 0.717) is 17.0 Å². The van der Waals surface area contributed by atoms with Crippen LogP contribution < -0.4 is 10.1 Å². The molecule has 33 heavy (non-hydrogen) atoms. The first-order chi connectivity index (χ1) is 15.3. The summed E-state index contributed by atoms with van der Waals surface area (Å²) >= 11 is 0. The minimum Gasteiger partial charge on any atom is -0.496 e. The number of alkyl carbamates (subject to hydrolysis) is 1. The Morgan fingerprint density at radius 1 is 1.09 bits per heavy atom. The number of fused-ring (bicyclic) bond motifs is 1. The summed E-state index contributed by atoms with van der Waals surface area (Å²) in [7, 11) is -2.37. The molecule has 0 atom stereocenters. The van der Waals surface area contributed by atoms with Gasteiger partial charge in [0.25, 0.3) is 10.0 Å². The van der Waals surface area contributed by atoms with Gasteiger partial charge in [-0.1, -0.05) is 31.5 Å². The van der Waals surface area contributed by atoms with Gasteiger partial charge in [0.1, 0.15) is 11.4 Å². The number of ether oxygens (including phenoxy) is 2. The zero-order valence-corrected chi connectivity index (χ0v) is 21.0. The van der Waals surface area contributed by atoms with Gasteiger partial charge in [-0.3, -0.25) is 0 Å². The van der Waals surface area contributed by atoms with Gasteiger partial charge in [0.2, 0.25) is 0 Å². The minimum absolute atomic E-state index is 0.0198. The zero-order valence-electron chi connectivity index (χ0n) is 20.2. The third-order valence-corrected chi connectivity index (χ3v) is 6.95. The first kappa shape index (κ1) is 24.6. The Hall–Kier alpha value is -3.00. The second kappa shape index (κ2) is 9.09. The average molecular weight is 473 g/mol. The topological polar surface area (TPSA) is 86.6 Å². The molecule has 1 aromatic heterocycles. The highest BCUT2D eigenvalue weighted by Gasteiger charge is 2.25. The van der Waals surface area contributed by atoms with Crippen molar-refractivity contribution in [1.29, 1.82) is 0 Å². The summed E-state index contributed by atoms with van der Waals surface area (Å²) in [6.07, 6.45) is -0.618. The van der Waals surface area contributed by atoms with Crippen molar-refractivity contribution in [3.05, 3.63) is 59.3 Å². The van der Waals surface area contributed by atoms with E-state index in [2.05, 4.69) is 19.2 Å². The molecule has 1 amide bonds. The standard InChI is InChI=1S/C25H32N2O5S/c1-16(2)21-13-18-12-19(15-26-24(28)32-25(4,5)6)27(22(18)14-23(21)31-7)33(29,30)20-10-8-17(3)9-11-20/h8-14,16H,15H2,1-7H3,(H,26,28). The Morgan fingerprint density at radius 3 is 2.27 bits per heavy atom. The lowest BCUT2D eigenvalue weighted by Gasteiger charge is -2.20. The predicted octanol–water partition coefficient (Wildman–Crippen LogP) is 5.34. The molecule has 2 aromatic carbocycles. The van der Waals surface area contributed by atoms with Crippen molar-refractivity contribution in [3.8, 4) is 5.75 Å². The number of benzene rings is 2. The van der Waals surface area contributed by atoms with Crippen molar-refractivity contribution in [1.82, 2.24) is 9.29 Å². The quantitative estimate of drug-likeness (QED) is 0.523. The summed E-state index contributed by atoms with van der Waals surface area (Å²) in [5, 5.41) is 3.42. The number of aryl methyl sites for hydroxylation is 1. The molecule has 3 aromatic rings. The molecule has 0 saturated carbocycles. The normalized spacial score (nSPS) is 12.2. The van der Waals surface area contributed by atoms with Gasteiger partial charge in [0.15, 0.2) is 0 Å². The third-order valence-electron chi connectivity index (χ3n) is 5.17. The van der Waals surface area contributed by atoms with Gasteiger partial charge in [-0.2, -0.15) is 0 Å². The highest BCUT2D eigenvalue weighted by molar-refractivity contribution is 7.90. The molecule has 0 aliphatic carbocycles. The molecule has 7 nitrogen and oxygen atoms in total. The van der Waals surface area contributed by atoms with Crippen LogP contribution in [0.2, 0.25) is 0 Å². The zero-order chi connectivity index (χ0) is 24.6. The first-order valence-electron chi connectivity index (χ1n) is 10.8. The van der Waals surface area contributed by atoms with E-state index in [4.69, 9.17) is 9.47 Å². The number of carbonyl (C=O) groups excluding carboxylic acids is 1. The summed E-state index contributed by atoms with van der Waals surface area (Å²) in [4.78, 5) is 12.4. The van der Waals surface area contributed by atoms with Crippen LogP contribution in [0.25, 0.3) is 10.9 Å². The molecule has 0 radical (unpaired) electrons. The van der Waals surface area contributed by atoms with Crippen LogP contribution >= 0.6 is 0 Å². The van der Waals surface area contributed by atoms with E-state index in [1.54, 1.807) is 64.3 Å². The highest BCUT2D eigenvalue weighted by Crippen LogP contribution is 2.35. The fraction of sp³-hybridized carbons (Fsp3) is 0.400. The third kappa shape index (κ3) is 5.33. The van der Waals surface area contributed by atoms with Crippen LogP contribution in [-0.4, -0.2) is 31.2 Å². The highest BCUT2D eigenvalue weighted by atomic mass is 32.2. The van der Waals surface area contributed by atoms with Crippen molar-refractivity contribution in [2.75, 3.05) is 7.11 Å². The number of methoxy groups -OCH3 is 1. The van der Waals surface area contributed by atoms with Crippen LogP contribution in [0.4, 0.5) is 4.79 Å². The molecular weight excluding hydrogens is 440 g/mol. The first-order valence-corrected chi connectivity index (χ1v) is 12.3. The smallest absolute Gasteiger partial charge is 0.407 e. The van der Waals surface area contributed by atoms with Gasteiger partial charge < -0.3 is 14.8 Å². The molecule has 0 bridgehead atoms. The number of amides is 1. The summed E-state index contributed by atoms with van der Waals surface area (Å²) in [5.41, 5.74) is 2.17. The van der Waals surface area contributed by atoms with Crippen LogP contribution in [0.5, 0.6) is 5.75 Å². The maximum atomic E-state index is 13.7. The monoisotopic (exact) mass is 472 g/mol. The lowest BCUT2D eigenvalue weighted by molar-refractivity contribution is 0.0522. The van der Waals surface area contributed by atoms with Crippen molar-refractivity contribution in [2.45, 2.75) is 64.5 Å². The molecule has 178 valence electrons. The van der Waals surface area contributed by atoms with Crippen molar-refractivity contribution >= 4 is 27.0 Å². The largest absolute Gasteiger partial charge is 0.496 e. The van der Waals surface area contributed by atoms with Gasteiger partial charge in [0.05, 0.1) is 29.8 Å². The Kier molecular flexibility index (Phi) is 6.79. The van der Waals surface area contributed by atoms with Gasteiger partial charge in [-0.15, -0.1) is 0 Å². The lowest BCUT2D eigenvalue weighted by atomic mass is 10.0. The molecule has 0 unspecified atom stereocenters. The number of carbonyl (C=O) groups is 1. The van der Waals surface area contributed by atoms with Gasteiger partial charge >= 0.3 is 6.09 Å². The lowest BCUT2D eigenvalue weighted by Crippen LogP contribution is -2.33. The van der Waals surface area contributed by atoms with E-state index in [-0.39, 0.29) is 17.4 Å². The molecule has 0 saturated heterocycles. The van der Waals surface area contributed by atoms with Crippen molar-refractivity contribution in [3.63, 3.8) is 0 Å². The Labute approximate surface area is 195 Å². The molecule has 8 heteroatoms. The second-order valence-electron chi connectivity index (χ2n) is 9.38. The number of rotatable bonds is 6.